The molecule has 0 unspecified atom stereocenters. The third-order valence-corrected chi connectivity index (χ3v) is 6.31. The molecule has 28 heavy (non-hydrogen) atoms. The summed E-state index contributed by atoms with van der Waals surface area (Å²) in [5.74, 6) is 1.02. The largest absolute Gasteiger partial charge is 0.486 e. The minimum absolute atomic E-state index is 0.0561. The number of allylic oxidation sites excluding steroid dienone is 4. The second-order valence-electron chi connectivity index (χ2n) is 10.4. The van der Waals surface area contributed by atoms with Gasteiger partial charge in [-0.15, -0.1) is 0 Å². The molecule has 2 rings (SSSR count). The van der Waals surface area contributed by atoms with Crippen molar-refractivity contribution in [3.8, 4) is 0 Å². The molecule has 0 amide bonds. The average Bonchev–Trinajstić information content (AvgIpc) is 2.58. The summed E-state index contributed by atoms with van der Waals surface area (Å²) in [6.07, 6.45) is 7.45. The number of ketones is 2. The molecule has 1 aliphatic carbocycles. The Morgan fingerprint density at radius 1 is 1.18 bits per heavy atom. The zero-order chi connectivity index (χ0) is 21.5. The van der Waals surface area contributed by atoms with E-state index < -0.39 is 16.4 Å². The van der Waals surface area contributed by atoms with Crippen LogP contribution in [0.4, 0.5) is 0 Å². The third-order valence-electron chi connectivity index (χ3n) is 6.31. The lowest BCUT2D eigenvalue weighted by Crippen LogP contribution is -2.54. The molecule has 2 atom stereocenters. The van der Waals surface area contributed by atoms with Gasteiger partial charge in [0.05, 0.1) is 10.8 Å². The Labute approximate surface area is 171 Å². The highest BCUT2D eigenvalue weighted by Gasteiger charge is 2.58. The van der Waals surface area contributed by atoms with E-state index in [-0.39, 0.29) is 17.5 Å². The second-order valence-corrected chi connectivity index (χ2v) is 10.4. The van der Waals surface area contributed by atoms with Crippen molar-refractivity contribution in [2.75, 3.05) is 0 Å². The summed E-state index contributed by atoms with van der Waals surface area (Å²) in [6, 6.07) is 0. The second kappa shape index (κ2) is 7.65. The molecular weight excluding hydrogens is 348 g/mol. The van der Waals surface area contributed by atoms with Crippen molar-refractivity contribution in [1.29, 1.82) is 0 Å². The Morgan fingerprint density at radius 2 is 1.79 bits per heavy atom. The van der Waals surface area contributed by atoms with Crippen molar-refractivity contribution in [2.45, 2.75) is 86.7 Å². The Morgan fingerprint density at radius 3 is 2.29 bits per heavy atom. The van der Waals surface area contributed by atoms with Crippen LogP contribution in [0, 0.1) is 22.7 Å². The maximum Gasteiger partial charge on any atom is 0.175 e. The van der Waals surface area contributed by atoms with Crippen molar-refractivity contribution in [2.24, 2.45) is 22.7 Å². The van der Waals surface area contributed by atoms with E-state index in [2.05, 4.69) is 40.3 Å². The molecule has 0 saturated carbocycles. The van der Waals surface area contributed by atoms with Crippen LogP contribution < -0.4 is 0 Å². The van der Waals surface area contributed by atoms with Gasteiger partial charge in [-0.1, -0.05) is 32.1 Å². The van der Waals surface area contributed by atoms with Crippen molar-refractivity contribution in [3.05, 3.63) is 35.6 Å². The summed E-state index contributed by atoms with van der Waals surface area (Å²) >= 11 is 0. The number of rotatable bonds is 6. The molecule has 0 N–H and O–H groups in total. The monoisotopic (exact) mass is 386 g/mol. The van der Waals surface area contributed by atoms with Gasteiger partial charge in [0.25, 0.3) is 0 Å². The first-order valence-corrected chi connectivity index (χ1v) is 10.6. The first-order valence-electron chi connectivity index (χ1n) is 10.6. The van der Waals surface area contributed by atoms with Gasteiger partial charge in [-0.2, -0.15) is 0 Å². The van der Waals surface area contributed by atoms with Crippen LogP contribution in [0.25, 0.3) is 0 Å². The minimum atomic E-state index is -1.00. The lowest BCUT2D eigenvalue weighted by atomic mass is 9.59. The van der Waals surface area contributed by atoms with Gasteiger partial charge in [0.2, 0.25) is 0 Å². The van der Waals surface area contributed by atoms with Gasteiger partial charge in [0, 0.05) is 5.57 Å². The first-order chi connectivity index (χ1) is 12.8. The average molecular weight is 387 g/mol. The smallest absolute Gasteiger partial charge is 0.175 e. The van der Waals surface area contributed by atoms with Crippen LogP contribution in [-0.2, 0) is 14.3 Å². The van der Waals surface area contributed by atoms with Crippen LogP contribution in [-0.4, -0.2) is 17.2 Å². The SMILES string of the molecule is C=C[C@@]1(CCC=C(C)C)C[C@H](CC(C)C)C2=C(O1)C(C)(C)C(=O)C(C)(C)C2=O. The molecule has 0 aromatic rings. The summed E-state index contributed by atoms with van der Waals surface area (Å²) < 4.78 is 6.56. The molecule has 0 aromatic heterocycles. The molecule has 1 heterocycles. The Kier molecular flexibility index (Phi) is 6.19. The van der Waals surface area contributed by atoms with Crippen LogP contribution in [0.5, 0.6) is 0 Å². The zero-order valence-corrected chi connectivity index (χ0v) is 19.1. The number of ether oxygens (including phenoxy) is 1. The summed E-state index contributed by atoms with van der Waals surface area (Å²) in [5.41, 5.74) is -0.324. The predicted molar refractivity (Wildman–Crippen MR) is 115 cm³/mol. The number of Topliss-reactive ketones (excluding diaryl/α,β-unsaturated/α-hetero) is 2. The molecule has 156 valence electrons. The third kappa shape index (κ3) is 3.90. The predicted octanol–water partition coefficient (Wildman–Crippen LogP) is 6.20. The molecule has 0 bridgehead atoms. The van der Waals surface area contributed by atoms with E-state index in [9.17, 15) is 9.59 Å². The standard InChI is InChI=1S/C25H38O3/c1-10-25(13-11-12-16(2)3)15-18(14-17(4)5)19-20(26)23(6,7)22(27)24(8,9)21(19)28-25/h10,12,17-18H,1,11,13-15H2,2-9H3/t18-,25+/m0/s1. The zero-order valence-electron chi connectivity index (χ0n) is 19.1. The fourth-order valence-electron chi connectivity index (χ4n) is 4.84. The molecule has 0 saturated heterocycles. The van der Waals surface area contributed by atoms with Crippen LogP contribution in [0.2, 0.25) is 0 Å². The van der Waals surface area contributed by atoms with E-state index in [1.165, 1.54) is 5.57 Å². The lowest BCUT2D eigenvalue weighted by molar-refractivity contribution is -0.149. The van der Waals surface area contributed by atoms with Gasteiger partial charge in [0.15, 0.2) is 11.6 Å². The highest BCUT2D eigenvalue weighted by Crippen LogP contribution is 2.54. The van der Waals surface area contributed by atoms with E-state index in [0.717, 1.165) is 31.3 Å². The van der Waals surface area contributed by atoms with Gasteiger partial charge in [-0.3, -0.25) is 9.59 Å². The van der Waals surface area contributed by atoms with Gasteiger partial charge >= 0.3 is 0 Å². The summed E-state index contributed by atoms with van der Waals surface area (Å²) in [6.45, 7) is 20.0. The van der Waals surface area contributed by atoms with Crippen molar-refractivity contribution in [3.63, 3.8) is 0 Å². The quantitative estimate of drug-likeness (QED) is 0.403. The molecule has 3 heteroatoms. The molecule has 0 aromatic carbocycles. The highest BCUT2D eigenvalue weighted by atomic mass is 16.5. The van der Waals surface area contributed by atoms with Crippen molar-refractivity contribution >= 4 is 11.6 Å². The minimum Gasteiger partial charge on any atom is -0.486 e. The van der Waals surface area contributed by atoms with Crippen molar-refractivity contribution in [1.82, 2.24) is 0 Å². The van der Waals surface area contributed by atoms with Crippen LogP contribution in [0.3, 0.4) is 0 Å². The summed E-state index contributed by atoms with van der Waals surface area (Å²) in [4.78, 5) is 26.6. The summed E-state index contributed by atoms with van der Waals surface area (Å²) in [7, 11) is 0. The Hall–Kier alpha value is -1.64. The number of carbonyl (C=O) groups excluding carboxylic acids is 2. The molecule has 0 fully saturated rings. The molecule has 0 spiro atoms. The van der Waals surface area contributed by atoms with Gasteiger partial charge in [-0.25, -0.2) is 0 Å². The highest BCUT2D eigenvalue weighted by molar-refractivity contribution is 6.19. The topological polar surface area (TPSA) is 43.4 Å². The molecule has 3 nitrogen and oxygen atoms in total. The van der Waals surface area contributed by atoms with Crippen molar-refractivity contribution < 1.29 is 14.3 Å². The maximum atomic E-state index is 13.4. The fourth-order valence-corrected chi connectivity index (χ4v) is 4.84. The van der Waals surface area contributed by atoms with Gasteiger partial charge in [-0.05, 0) is 85.1 Å². The van der Waals surface area contributed by atoms with Gasteiger partial charge in [0.1, 0.15) is 11.4 Å². The molecule has 2 aliphatic rings. The van der Waals surface area contributed by atoms with Gasteiger partial charge < -0.3 is 4.74 Å². The number of hydrogen-bond donors (Lipinski definition) is 0. The van der Waals surface area contributed by atoms with Crippen LogP contribution >= 0.6 is 0 Å². The van der Waals surface area contributed by atoms with E-state index in [4.69, 9.17) is 4.74 Å². The molecular formula is C25H38O3. The van der Waals surface area contributed by atoms with Crippen LogP contribution in [0.1, 0.15) is 81.1 Å². The van der Waals surface area contributed by atoms with E-state index in [0.29, 0.717) is 11.7 Å². The van der Waals surface area contributed by atoms with E-state index >= 15 is 0 Å². The number of carbonyl (C=O) groups is 2. The Bertz CT molecular complexity index is 729. The fraction of sp³-hybridized carbons (Fsp3) is 0.680. The first kappa shape index (κ1) is 22.6. The molecule has 0 radical (unpaired) electrons. The molecule has 1 aliphatic heterocycles. The normalized spacial score (nSPS) is 28.7. The Balaban J connectivity index is 2.60. The van der Waals surface area contributed by atoms with Crippen LogP contribution in [0.15, 0.2) is 35.6 Å². The number of hydrogen-bond acceptors (Lipinski definition) is 3. The summed E-state index contributed by atoms with van der Waals surface area (Å²) in [5, 5.41) is 0. The maximum absolute atomic E-state index is 13.4. The van der Waals surface area contributed by atoms with E-state index in [1.54, 1.807) is 13.8 Å². The lowest BCUT2D eigenvalue weighted by Gasteiger charge is -2.50. The van der Waals surface area contributed by atoms with E-state index in [1.807, 2.05) is 19.9 Å².